The summed E-state index contributed by atoms with van der Waals surface area (Å²) in [6.45, 7) is 6.26. The van der Waals surface area contributed by atoms with Crippen molar-refractivity contribution in [1.29, 1.82) is 0 Å². The zero-order chi connectivity index (χ0) is 24.2. The fourth-order valence-electron chi connectivity index (χ4n) is 3.94. The first-order valence-electron chi connectivity index (χ1n) is 11.2. The largest absolute Gasteiger partial charge is 0.494 e. The van der Waals surface area contributed by atoms with Gasteiger partial charge < -0.3 is 10.1 Å². The molecule has 1 amide bonds. The summed E-state index contributed by atoms with van der Waals surface area (Å²) in [5.74, 6) is 0.348. The highest BCUT2D eigenvalue weighted by atomic mass is 19.4. The van der Waals surface area contributed by atoms with Crippen LogP contribution in [0, 0.1) is 5.92 Å². The smallest absolute Gasteiger partial charge is 0.433 e. The molecule has 1 aliphatic carbocycles. The Labute approximate surface area is 191 Å². The summed E-state index contributed by atoms with van der Waals surface area (Å²) < 4.78 is 46.1. The molecule has 1 aromatic carbocycles. The Bertz CT molecular complexity index is 1100. The molecule has 0 aliphatic heterocycles. The van der Waals surface area contributed by atoms with E-state index in [1.54, 1.807) is 12.1 Å². The van der Waals surface area contributed by atoms with Crippen LogP contribution < -0.4 is 10.1 Å². The molecule has 178 valence electrons. The highest BCUT2D eigenvalue weighted by molar-refractivity contribution is 6.05. The number of nitrogens with zero attached hydrogens (tertiary/aromatic N) is 3. The quantitative estimate of drug-likeness (QED) is 0.481. The van der Waals surface area contributed by atoms with Crippen LogP contribution in [0.5, 0.6) is 5.75 Å². The van der Waals surface area contributed by atoms with Crippen LogP contribution in [-0.2, 0) is 6.18 Å². The molecular formula is C24H29F3N4O2. The topological polar surface area (TPSA) is 69.0 Å². The van der Waals surface area contributed by atoms with Crippen molar-refractivity contribution >= 4 is 22.5 Å². The average Bonchev–Trinajstić information content (AvgIpc) is 3.22. The fraction of sp³-hybridized carbons (Fsp3) is 0.458. The highest BCUT2D eigenvalue weighted by Crippen LogP contribution is 2.35. The normalized spacial score (nSPS) is 18.4. The monoisotopic (exact) mass is 462 g/mol. The molecular weight excluding hydrogens is 433 g/mol. The first kappa shape index (κ1) is 24.5. The van der Waals surface area contributed by atoms with Gasteiger partial charge in [0, 0.05) is 17.6 Å². The van der Waals surface area contributed by atoms with Crippen LogP contribution >= 0.6 is 0 Å². The number of carbonyl (C=O) groups is 1. The van der Waals surface area contributed by atoms with Crippen molar-refractivity contribution in [3.8, 4) is 5.75 Å². The number of amides is 1. The first-order valence-corrected chi connectivity index (χ1v) is 11.2. The second-order valence-electron chi connectivity index (χ2n) is 7.99. The van der Waals surface area contributed by atoms with Crippen molar-refractivity contribution in [3.63, 3.8) is 0 Å². The molecule has 9 heteroatoms. The zero-order valence-electron chi connectivity index (χ0n) is 19.2. The molecule has 1 N–H and O–H groups in total. The van der Waals surface area contributed by atoms with Gasteiger partial charge in [-0.1, -0.05) is 26.8 Å². The number of benzene rings is 1. The Hall–Kier alpha value is -3.10. The summed E-state index contributed by atoms with van der Waals surface area (Å²) in [6.07, 6.45) is 1.77. The fourth-order valence-corrected chi connectivity index (χ4v) is 3.94. The molecule has 6 nitrogen and oxygen atoms in total. The van der Waals surface area contributed by atoms with Gasteiger partial charge in [-0.05, 0) is 49.8 Å². The van der Waals surface area contributed by atoms with Crippen molar-refractivity contribution in [2.75, 3.05) is 12.4 Å². The number of aromatic nitrogens is 3. The summed E-state index contributed by atoms with van der Waals surface area (Å²) >= 11 is 0. The van der Waals surface area contributed by atoms with Crippen molar-refractivity contribution in [3.05, 3.63) is 47.9 Å². The molecule has 4 rings (SSSR count). The Balaban J connectivity index is 0.00000149. The van der Waals surface area contributed by atoms with Gasteiger partial charge in [-0.15, -0.1) is 0 Å². The standard InChI is InChI=1S/C22H23F3N4O2.C2H6/c1-13-6-8-15(9-7-13)29-12-14-10-18(19(31-2)11-17(14)28-29)27-21(30)16-4-3-5-20(26-16)22(23,24)25;1-2/h3-5,10-13,15H,6-9H2,1-2H3,(H,27,30);1-2H3. The highest BCUT2D eigenvalue weighted by Gasteiger charge is 2.33. The van der Waals surface area contributed by atoms with E-state index in [4.69, 9.17) is 4.74 Å². The van der Waals surface area contributed by atoms with E-state index in [0.717, 1.165) is 54.6 Å². The third-order valence-corrected chi connectivity index (χ3v) is 5.72. The van der Waals surface area contributed by atoms with E-state index in [-0.39, 0.29) is 5.69 Å². The van der Waals surface area contributed by atoms with Crippen molar-refractivity contribution < 1.29 is 22.7 Å². The van der Waals surface area contributed by atoms with Gasteiger partial charge in [0.1, 0.15) is 17.1 Å². The van der Waals surface area contributed by atoms with Crippen LogP contribution in [0.1, 0.15) is 68.7 Å². The number of hydrogen-bond donors (Lipinski definition) is 1. The molecule has 0 atom stereocenters. The molecule has 1 saturated carbocycles. The van der Waals surface area contributed by atoms with Gasteiger partial charge in [-0.3, -0.25) is 9.48 Å². The number of ether oxygens (including phenoxy) is 1. The SMILES string of the molecule is CC.COc1cc2nn(C3CCC(C)CC3)cc2cc1NC(=O)c1cccc(C(F)(F)F)n1. The van der Waals surface area contributed by atoms with Gasteiger partial charge in [0.25, 0.3) is 5.91 Å². The molecule has 0 bridgehead atoms. The van der Waals surface area contributed by atoms with Crippen LogP contribution in [0.4, 0.5) is 18.9 Å². The Kier molecular flexibility index (Phi) is 7.61. The van der Waals surface area contributed by atoms with E-state index in [0.29, 0.717) is 17.5 Å². The lowest BCUT2D eigenvalue weighted by atomic mass is 9.87. The molecule has 2 heterocycles. The van der Waals surface area contributed by atoms with Gasteiger partial charge in [0.05, 0.1) is 24.4 Å². The van der Waals surface area contributed by atoms with Gasteiger partial charge in [0.15, 0.2) is 0 Å². The molecule has 0 saturated heterocycles. The van der Waals surface area contributed by atoms with Crippen molar-refractivity contribution in [1.82, 2.24) is 14.8 Å². The van der Waals surface area contributed by atoms with Gasteiger partial charge in [-0.2, -0.15) is 18.3 Å². The number of alkyl halides is 3. The minimum atomic E-state index is -4.63. The van der Waals surface area contributed by atoms with Crippen molar-refractivity contribution in [2.24, 2.45) is 5.92 Å². The number of pyridine rings is 1. The van der Waals surface area contributed by atoms with Crippen LogP contribution in [0.15, 0.2) is 36.5 Å². The number of hydrogen-bond acceptors (Lipinski definition) is 4. The molecule has 1 fully saturated rings. The van der Waals surface area contributed by atoms with Crippen LogP contribution in [0.2, 0.25) is 0 Å². The van der Waals surface area contributed by atoms with Crippen LogP contribution in [0.25, 0.3) is 10.9 Å². The number of carbonyl (C=O) groups excluding carboxylic acids is 1. The predicted octanol–water partition coefficient (Wildman–Crippen LogP) is 6.49. The Morgan fingerprint density at radius 2 is 1.85 bits per heavy atom. The second-order valence-corrected chi connectivity index (χ2v) is 7.99. The lowest BCUT2D eigenvalue weighted by Gasteiger charge is -2.26. The number of methoxy groups -OCH3 is 1. The zero-order valence-corrected chi connectivity index (χ0v) is 19.2. The van der Waals surface area contributed by atoms with Gasteiger partial charge in [-0.25, -0.2) is 4.98 Å². The summed E-state index contributed by atoms with van der Waals surface area (Å²) in [4.78, 5) is 16.0. The minimum Gasteiger partial charge on any atom is -0.494 e. The number of anilines is 1. The number of nitrogens with one attached hydrogen (secondary N) is 1. The van der Waals surface area contributed by atoms with E-state index in [1.165, 1.54) is 13.2 Å². The lowest BCUT2D eigenvalue weighted by molar-refractivity contribution is -0.141. The third kappa shape index (κ3) is 5.64. The molecule has 3 aromatic rings. The van der Waals surface area contributed by atoms with E-state index in [9.17, 15) is 18.0 Å². The molecule has 0 unspecified atom stereocenters. The Morgan fingerprint density at radius 1 is 1.15 bits per heavy atom. The lowest BCUT2D eigenvalue weighted by Crippen LogP contribution is -2.17. The minimum absolute atomic E-state index is 0.330. The summed E-state index contributed by atoms with van der Waals surface area (Å²) in [6, 6.07) is 6.98. The van der Waals surface area contributed by atoms with E-state index in [2.05, 4.69) is 22.3 Å². The molecule has 1 aliphatic rings. The number of fused-ring (bicyclic) bond motifs is 1. The van der Waals surface area contributed by atoms with Crippen LogP contribution in [-0.4, -0.2) is 27.8 Å². The van der Waals surface area contributed by atoms with Crippen molar-refractivity contribution in [2.45, 2.75) is 58.7 Å². The summed E-state index contributed by atoms with van der Waals surface area (Å²) in [5.41, 5.74) is -0.378. The maximum atomic E-state index is 12.9. The molecule has 2 aromatic heterocycles. The van der Waals surface area contributed by atoms with E-state index < -0.39 is 17.8 Å². The predicted molar refractivity (Wildman–Crippen MR) is 121 cm³/mol. The first-order chi connectivity index (χ1) is 15.7. The number of rotatable bonds is 4. The van der Waals surface area contributed by atoms with Gasteiger partial charge >= 0.3 is 6.18 Å². The molecule has 33 heavy (non-hydrogen) atoms. The molecule has 0 spiro atoms. The third-order valence-electron chi connectivity index (χ3n) is 5.72. The summed E-state index contributed by atoms with van der Waals surface area (Å²) in [7, 11) is 1.46. The van der Waals surface area contributed by atoms with Gasteiger partial charge in [0.2, 0.25) is 0 Å². The maximum Gasteiger partial charge on any atom is 0.433 e. The van der Waals surface area contributed by atoms with E-state index in [1.807, 2.05) is 24.7 Å². The second kappa shape index (κ2) is 10.2. The Morgan fingerprint density at radius 3 is 2.48 bits per heavy atom. The van der Waals surface area contributed by atoms with E-state index >= 15 is 0 Å². The average molecular weight is 463 g/mol. The maximum absolute atomic E-state index is 12.9. The van der Waals surface area contributed by atoms with Crippen LogP contribution in [0.3, 0.4) is 0 Å². The number of halogens is 3. The molecule has 0 radical (unpaired) electrons. The summed E-state index contributed by atoms with van der Waals surface area (Å²) in [5, 5.41) is 8.10.